The molecule has 164 valence electrons. The Morgan fingerprint density at radius 2 is 1.55 bits per heavy atom. The maximum atomic E-state index is 12.3. The zero-order valence-corrected chi connectivity index (χ0v) is 16.1. The fraction of sp³-hybridized carbons (Fsp3) is 0.625. The van der Waals surface area contributed by atoms with Crippen molar-refractivity contribution in [2.45, 2.75) is 51.2 Å². The minimum atomic E-state index is -1.45. The fourth-order valence-electron chi connectivity index (χ4n) is 2.13. The number of carboxylic acid groups (broad SMARTS) is 2. The van der Waals surface area contributed by atoms with Gasteiger partial charge in [-0.05, 0) is 12.3 Å². The van der Waals surface area contributed by atoms with Crippen LogP contribution in [0.2, 0.25) is 0 Å². The normalized spacial score (nSPS) is 13.7. The van der Waals surface area contributed by atoms with Crippen molar-refractivity contribution in [3.8, 4) is 0 Å². The van der Waals surface area contributed by atoms with Gasteiger partial charge < -0.3 is 37.6 Å². The third kappa shape index (κ3) is 10.6. The van der Waals surface area contributed by atoms with E-state index in [0.717, 1.165) is 0 Å². The Labute approximate surface area is 166 Å². The van der Waals surface area contributed by atoms with Gasteiger partial charge in [-0.2, -0.15) is 0 Å². The van der Waals surface area contributed by atoms with Crippen molar-refractivity contribution in [2.24, 2.45) is 17.4 Å². The van der Waals surface area contributed by atoms with Crippen LogP contribution in [0.5, 0.6) is 0 Å². The molecule has 13 heteroatoms. The first-order chi connectivity index (χ1) is 13.3. The lowest BCUT2D eigenvalue weighted by molar-refractivity contribution is -0.143. The summed E-state index contributed by atoms with van der Waals surface area (Å²) in [6.45, 7) is 2.52. The molecule has 0 fully saturated rings. The fourth-order valence-corrected chi connectivity index (χ4v) is 2.13. The number of amides is 4. The lowest BCUT2D eigenvalue weighted by atomic mass is 10.0. The van der Waals surface area contributed by atoms with Crippen molar-refractivity contribution in [3.63, 3.8) is 0 Å². The van der Waals surface area contributed by atoms with Crippen molar-refractivity contribution >= 4 is 35.6 Å². The summed E-state index contributed by atoms with van der Waals surface area (Å²) >= 11 is 0. The molecule has 9 N–H and O–H groups in total. The number of rotatable bonds is 13. The Kier molecular flexibility index (Phi) is 10.9. The van der Waals surface area contributed by atoms with E-state index >= 15 is 0 Å². The maximum Gasteiger partial charge on any atom is 0.326 e. The number of nitrogens with one attached hydrogen (secondary N) is 3. The number of hydrogen-bond acceptors (Lipinski definition) is 7. The Balaban J connectivity index is 4.84. The van der Waals surface area contributed by atoms with Gasteiger partial charge in [0.15, 0.2) is 0 Å². The SMILES string of the molecule is CC(C)[C@H](NC(=O)[C@H](CC(N)=O)NC(=O)CNC(=O)[C@@H](N)CCC(=O)O)C(=O)O. The van der Waals surface area contributed by atoms with Gasteiger partial charge in [-0.25, -0.2) is 4.79 Å². The van der Waals surface area contributed by atoms with E-state index in [0.29, 0.717) is 0 Å². The average Bonchev–Trinajstić information content (AvgIpc) is 2.60. The van der Waals surface area contributed by atoms with E-state index < -0.39 is 72.6 Å². The van der Waals surface area contributed by atoms with Gasteiger partial charge in [0.25, 0.3) is 0 Å². The van der Waals surface area contributed by atoms with Gasteiger partial charge in [0.2, 0.25) is 23.6 Å². The Bertz CT molecular complexity index is 651. The number of carboxylic acids is 2. The molecule has 0 bridgehead atoms. The number of carbonyl (C=O) groups is 6. The van der Waals surface area contributed by atoms with Gasteiger partial charge >= 0.3 is 11.9 Å². The second-order valence-electron chi connectivity index (χ2n) is 6.62. The predicted octanol–water partition coefficient (Wildman–Crippen LogP) is -3.12. The number of primary amides is 1. The van der Waals surface area contributed by atoms with Gasteiger partial charge in [0.1, 0.15) is 12.1 Å². The van der Waals surface area contributed by atoms with Crippen LogP contribution in [0.3, 0.4) is 0 Å². The Hall–Kier alpha value is -3.22. The van der Waals surface area contributed by atoms with Crippen LogP contribution in [0.1, 0.15) is 33.1 Å². The molecular formula is C16H27N5O8. The lowest BCUT2D eigenvalue weighted by Gasteiger charge is -2.22. The smallest absolute Gasteiger partial charge is 0.326 e. The van der Waals surface area contributed by atoms with Gasteiger partial charge in [0.05, 0.1) is 19.0 Å². The zero-order chi connectivity index (χ0) is 22.7. The molecule has 13 nitrogen and oxygen atoms in total. The van der Waals surface area contributed by atoms with Crippen LogP contribution < -0.4 is 27.4 Å². The molecule has 0 unspecified atom stereocenters. The first-order valence-electron chi connectivity index (χ1n) is 8.71. The third-order valence-electron chi connectivity index (χ3n) is 3.72. The van der Waals surface area contributed by atoms with E-state index in [2.05, 4.69) is 16.0 Å². The summed E-state index contributed by atoms with van der Waals surface area (Å²) in [5.41, 5.74) is 10.5. The molecule has 0 aliphatic heterocycles. The molecule has 0 aromatic carbocycles. The molecule has 0 heterocycles. The molecule has 0 aromatic heterocycles. The second kappa shape index (κ2) is 12.3. The molecule has 0 aliphatic carbocycles. The highest BCUT2D eigenvalue weighted by atomic mass is 16.4. The summed E-state index contributed by atoms with van der Waals surface area (Å²) in [5, 5.41) is 24.2. The summed E-state index contributed by atoms with van der Waals surface area (Å²) in [6.07, 6.45) is -1.06. The van der Waals surface area contributed by atoms with Crippen LogP contribution in [0, 0.1) is 5.92 Å². The Morgan fingerprint density at radius 3 is 2.00 bits per heavy atom. The molecule has 0 rings (SSSR count). The predicted molar refractivity (Wildman–Crippen MR) is 98.0 cm³/mol. The van der Waals surface area contributed by atoms with Crippen molar-refractivity contribution in [2.75, 3.05) is 6.54 Å². The summed E-state index contributed by atoms with van der Waals surface area (Å²) in [4.78, 5) is 68.8. The minimum Gasteiger partial charge on any atom is -0.481 e. The lowest BCUT2D eigenvalue weighted by Crippen LogP contribution is -2.55. The maximum absolute atomic E-state index is 12.3. The monoisotopic (exact) mass is 417 g/mol. The van der Waals surface area contributed by atoms with Crippen LogP contribution in [-0.4, -0.2) is 70.5 Å². The van der Waals surface area contributed by atoms with Crippen molar-refractivity contribution in [1.29, 1.82) is 0 Å². The molecule has 0 aromatic rings. The molecule has 0 saturated heterocycles. The van der Waals surface area contributed by atoms with Crippen LogP contribution >= 0.6 is 0 Å². The van der Waals surface area contributed by atoms with Crippen LogP contribution in [0.25, 0.3) is 0 Å². The summed E-state index contributed by atoms with van der Waals surface area (Å²) in [5.74, 6) is -6.37. The van der Waals surface area contributed by atoms with Gasteiger partial charge in [-0.15, -0.1) is 0 Å². The number of aliphatic carboxylic acids is 2. The number of nitrogens with two attached hydrogens (primary N) is 2. The topological polar surface area (TPSA) is 231 Å². The van der Waals surface area contributed by atoms with E-state index in [9.17, 15) is 28.8 Å². The third-order valence-corrected chi connectivity index (χ3v) is 3.72. The summed E-state index contributed by atoms with van der Waals surface area (Å²) in [6, 6.07) is -3.84. The Morgan fingerprint density at radius 1 is 0.966 bits per heavy atom. The first-order valence-corrected chi connectivity index (χ1v) is 8.71. The van der Waals surface area contributed by atoms with Gasteiger partial charge in [0, 0.05) is 6.42 Å². The quantitative estimate of drug-likeness (QED) is 0.160. The van der Waals surface area contributed by atoms with Crippen LogP contribution in [0.15, 0.2) is 0 Å². The summed E-state index contributed by atoms with van der Waals surface area (Å²) < 4.78 is 0. The zero-order valence-electron chi connectivity index (χ0n) is 16.1. The van der Waals surface area contributed by atoms with E-state index in [1.807, 2.05) is 0 Å². The van der Waals surface area contributed by atoms with E-state index in [-0.39, 0.29) is 12.8 Å². The van der Waals surface area contributed by atoms with Crippen molar-refractivity contribution < 1.29 is 39.0 Å². The highest BCUT2D eigenvalue weighted by molar-refractivity contribution is 5.95. The van der Waals surface area contributed by atoms with E-state index in [1.165, 1.54) is 0 Å². The van der Waals surface area contributed by atoms with E-state index in [1.54, 1.807) is 13.8 Å². The molecule has 0 aliphatic rings. The standard InChI is InChI=1S/C16H27N5O8/c1-7(2)13(16(28)29)21-15(27)9(5-10(18)22)20-11(23)6-19-14(26)8(17)3-4-12(24)25/h7-9,13H,3-6,17H2,1-2H3,(H2,18,22)(H,19,26)(H,20,23)(H,21,27)(H,24,25)(H,28,29)/t8-,9-,13-/m0/s1. The molecule has 0 spiro atoms. The number of hydrogen-bond donors (Lipinski definition) is 7. The molecule has 3 atom stereocenters. The van der Waals surface area contributed by atoms with E-state index in [4.69, 9.17) is 21.7 Å². The van der Waals surface area contributed by atoms with Crippen LogP contribution in [0.4, 0.5) is 0 Å². The van der Waals surface area contributed by atoms with Gasteiger partial charge in [-0.1, -0.05) is 13.8 Å². The van der Waals surface area contributed by atoms with Crippen molar-refractivity contribution in [3.05, 3.63) is 0 Å². The highest BCUT2D eigenvalue weighted by Crippen LogP contribution is 2.03. The molecule has 0 radical (unpaired) electrons. The molecule has 4 amide bonds. The first kappa shape index (κ1) is 25.8. The largest absolute Gasteiger partial charge is 0.481 e. The summed E-state index contributed by atoms with van der Waals surface area (Å²) in [7, 11) is 0. The highest BCUT2D eigenvalue weighted by Gasteiger charge is 2.29. The van der Waals surface area contributed by atoms with Crippen LogP contribution in [-0.2, 0) is 28.8 Å². The number of carbonyl (C=O) groups excluding carboxylic acids is 4. The molecule has 29 heavy (non-hydrogen) atoms. The minimum absolute atomic E-state index is 0.138. The second-order valence-corrected chi connectivity index (χ2v) is 6.62. The molecule has 0 saturated carbocycles. The van der Waals surface area contributed by atoms with Gasteiger partial charge in [-0.3, -0.25) is 24.0 Å². The molecular weight excluding hydrogens is 390 g/mol. The average molecular weight is 417 g/mol. The van der Waals surface area contributed by atoms with Crippen molar-refractivity contribution in [1.82, 2.24) is 16.0 Å².